The van der Waals surface area contributed by atoms with E-state index in [1.807, 2.05) is 0 Å². The van der Waals surface area contributed by atoms with Crippen molar-refractivity contribution in [3.63, 3.8) is 0 Å². The lowest BCUT2D eigenvalue weighted by molar-refractivity contribution is -0.149. The third-order valence-electron chi connectivity index (χ3n) is 3.62. The predicted molar refractivity (Wildman–Crippen MR) is 66.8 cm³/mol. The zero-order valence-corrected chi connectivity index (χ0v) is 11.7. The van der Waals surface area contributed by atoms with Crippen molar-refractivity contribution in [1.29, 1.82) is 0 Å². The summed E-state index contributed by atoms with van der Waals surface area (Å²) in [5.41, 5.74) is 5.65. The van der Waals surface area contributed by atoms with Crippen LogP contribution in [-0.2, 0) is 4.79 Å². The fraction of sp³-hybridized carbons (Fsp3) is 0.917. The SMILES string of the molecule is CC(N)C(C)C(=O)N1CCN(CC(F)(F)C(F)F)CC1. The maximum atomic E-state index is 12.9. The predicted octanol–water partition coefficient (Wildman–Crippen LogP) is 1.01. The van der Waals surface area contributed by atoms with E-state index in [4.69, 9.17) is 5.73 Å². The number of nitrogens with zero attached hydrogens (tertiary/aromatic N) is 2. The van der Waals surface area contributed by atoms with Gasteiger partial charge in [-0.25, -0.2) is 8.78 Å². The molecule has 1 aliphatic rings. The van der Waals surface area contributed by atoms with Crippen LogP contribution in [0.15, 0.2) is 0 Å². The zero-order chi connectivity index (χ0) is 15.5. The van der Waals surface area contributed by atoms with E-state index < -0.39 is 18.9 Å². The lowest BCUT2D eigenvalue weighted by Crippen LogP contribution is -2.54. The van der Waals surface area contributed by atoms with Gasteiger partial charge in [-0.2, -0.15) is 8.78 Å². The molecule has 1 fully saturated rings. The molecule has 1 amide bonds. The Morgan fingerprint density at radius 3 is 2.10 bits per heavy atom. The molecule has 0 aromatic heterocycles. The van der Waals surface area contributed by atoms with Gasteiger partial charge in [0.1, 0.15) is 0 Å². The minimum absolute atomic E-state index is 0.125. The fourth-order valence-electron chi connectivity index (χ4n) is 2.01. The minimum atomic E-state index is -4.01. The summed E-state index contributed by atoms with van der Waals surface area (Å²) in [5, 5.41) is 0. The second-order valence-corrected chi connectivity index (χ2v) is 5.31. The molecule has 0 aliphatic carbocycles. The smallest absolute Gasteiger partial charge is 0.319 e. The Morgan fingerprint density at radius 1 is 1.20 bits per heavy atom. The highest BCUT2D eigenvalue weighted by atomic mass is 19.3. The van der Waals surface area contributed by atoms with Crippen molar-refractivity contribution in [2.24, 2.45) is 11.7 Å². The largest absolute Gasteiger partial charge is 0.340 e. The molecule has 4 nitrogen and oxygen atoms in total. The van der Waals surface area contributed by atoms with Gasteiger partial charge in [-0.15, -0.1) is 0 Å². The maximum Gasteiger partial charge on any atom is 0.319 e. The van der Waals surface area contributed by atoms with Crippen molar-refractivity contribution in [3.8, 4) is 0 Å². The first kappa shape index (κ1) is 17.2. The van der Waals surface area contributed by atoms with E-state index in [2.05, 4.69) is 0 Å². The second-order valence-electron chi connectivity index (χ2n) is 5.31. The number of halogens is 4. The van der Waals surface area contributed by atoms with E-state index in [0.717, 1.165) is 0 Å². The Bertz CT molecular complexity index is 331. The molecule has 1 saturated heterocycles. The highest BCUT2D eigenvalue weighted by Crippen LogP contribution is 2.24. The van der Waals surface area contributed by atoms with Crippen LogP contribution in [0, 0.1) is 5.92 Å². The van der Waals surface area contributed by atoms with Crippen LogP contribution in [0.25, 0.3) is 0 Å². The topological polar surface area (TPSA) is 49.6 Å². The lowest BCUT2D eigenvalue weighted by atomic mass is 10.0. The van der Waals surface area contributed by atoms with Crippen LogP contribution in [0.1, 0.15) is 13.8 Å². The van der Waals surface area contributed by atoms with Gasteiger partial charge in [0, 0.05) is 32.2 Å². The standard InChI is InChI=1S/C12H21F4N3O/c1-8(9(2)17)10(20)19-5-3-18(4-6-19)7-12(15,16)11(13)14/h8-9,11H,3-7,17H2,1-2H3. The van der Waals surface area contributed by atoms with Crippen LogP contribution in [0.3, 0.4) is 0 Å². The maximum absolute atomic E-state index is 12.9. The molecule has 2 atom stereocenters. The number of rotatable bonds is 5. The average Bonchev–Trinajstić information content (AvgIpc) is 2.37. The molecule has 20 heavy (non-hydrogen) atoms. The van der Waals surface area contributed by atoms with Crippen LogP contribution in [0.2, 0.25) is 0 Å². The zero-order valence-electron chi connectivity index (χ0n) is 11.7. The molecule has 0 spiro atoms. The Morgan fingerprint density at radius 2 is 1.70 bits per heavy atom. The van der Waals surface area contributed by atoms with Gasteiger partial charge in [0.2, 0.25) is 5.91 Å². The summed E-state index contributed by atoms with van der Waals surface area (Å²) in [5.74, 6) is -4.48. The normalized spacial score (nSPS) is 21.1. The molecule has 0 saturated carbocycles. The van der Waals surface area contributed by atoms with E-state index in [0.29, 0.717) is 0 Å². The van der Waals surface area contributed by atoms with Gasteiger partial charge in [0.15, 0.2) is 0 Å². The van der Waals surface area contributed by atoms with Crippen molar-refractivity contribution >= 4 is 5.91 Å². The first-order valence-corrected chi connectivity index (χ1v) is 6.58. The average molecular weight is 299 g/mol. The Hall–Kier alpha value is -0.890. The summed E-state index contributed by atoms with van der Waals surface area (Å²) >= 11 is 0. The molecule has 0 bridgehead atoms. The molecule has 0 radical (unpaired) electrons. The van der Waals surface area contributed by atoms with Crippen molar-refractivity contribution in [2.45, 2.75) is 32.2 Å². The molecule has 1 aliphatic heterocycles. The number of alkyl halides is 4. The third kappa shape index (κ3) is 4.31. The Balaban J connectivity index is 2.46. The molecule has 8 heteroatoms. The number of piperazine rings is 1. The van der Waals surface area contributed by atoms with Crippen LogP contribution in [0.4, 0.5) is 17.6 Å². The summed E-state index contributed by atoms with van der Waals surface area (Å²) in [7, 11) is 0. The summed E-state index contributed by atoms with van der Waals surface area (Å²) in [6.45, 7) is 3.31. The van der Waals surface area contributed by atoms with Gasteiger partial charge < -0.3 is 10.6 Å². The van der Waals surface area contributed by atoms with E-state index in [-0.39, 0.29) is 44.0 Å². The molecule has 2 N–H and O–H groups in total. The first-order valence-electron chi connectivity index (χ1n) is 6.58. The minimum Gasteiger partial charge on any atom is -0.340 e. The Kier molecular flexibility index (Phi) is 5.76. The van der Waals surface area contributed by atoms with E-state index in [9.17, 15) is 22.4 Å². The van der Waals surface area contributed by atoms with Crippen LogP contribution in [-0.4, -0.2) is 66.8 Å². The van der Waals surface area contributed by atoms with Gasteiger partial charge in [-0.05, 0) is 6.92 Å². The van der Waals surface area contributed by atoms with E-state index >= 15 is 0 Å². The molecule has 1 rings (SSSR count). The van der Waals surface area contributed by atoms with Gasteiger partial charge in [0.05, 0.1) is 12.5 Å². The lowest BCUT2D eigenvalue weighted by Gasteiger charge is -2.37. The molecule has 1 heterocycles. The van der Waals surface area contributed by atoms with Crippen LogP contribution >= 0.6 is 0 Å². The van der Waals surface area contributed by atoms with Gasteiger partial charge in [-0.1, -0.05) is 6.92 Å². The highest BCUT2D eigenvalue weighted by molar-refractivity contribution is 5.79. The molecule has 0 aromatic carbocycles. The highest BCUT2D eigenvalue weighted by Gasteiger charge is 2.42. The fourth-order valence-corrected chi connectivity index (χ4v) is 2.01. The Labute approximate surface area is 115 Å². The quantitative estimate of drug-likeness (QED) is 0.771. The third-order valence-corrected chi connectivity index (χ3v) is 3.62. The van der Waals surface area contributed by atoms with E-state index in [1.54, 1.807) is 18.7 Å². The number of hydrogen-bond donors (Lipinski definition) is 1. The van der Waals surface area contributed by atoms with Crippen molar-refractivity contribution < 1.29 is 22.4 Å². The summed E-state index contributed by atoms with van der Waals surface area (Å²) < 4.78 is 50.1. The molecular weight excluding hydrogens is 278 g/mol. The molecule has 0 aromatic rings. The molecule has 118 valence electrons. The van der Waals surface area contributed by atoms with Crippen molar-refractivity contribution in [1.82, 2.24) is 9.80 Å². The van der Waals surface area contributed by atoms with Gasteiger partial charge in [0.25, 0.3) is 0 Å². The van der Waals surface area contributed by atoms with Crippen molar-refractivity contribution in [2.75, 3.05) is 32.7 Å². The summed E-state index contributed by atoms with van der Waals surface area (Å²) in [6, 6.07) is -0.288. The van der Waals surface area contributed by atoms with E-state index in [1.165, 1.54) is 4.90 Å². The number of carbonyl (C=O) groups is 1. The summed E-state index contributed by atoms with van der Waals surface area (Å²) in [6.07, 6.45) is -3.67. The monoisotopic (exact) mass is 299 g/mol. The number of hydrogen-bond acceptors (Lipinski definition) is 3. The number of amides is 1. The first-order chi connectivity index (χ1) is 9.15. The van der Waals surface area contributed by atoms with Crippen molar-refractivity contribution in [3.05, 3.63) is 0 Å². The molecule has 2 unspecified atom stereocenters. The second kappa shape index (κ2) is 6.71. The number of carbonyl (C=O) groups excluding carboxylic acids is 1. The summed E-state index contributed by atoms with van der Waals surface area (Å²) in [4.78, 5) is 14.8. The van der Waals surface area contributed by atoms with Crippen LogP contribution in [0.5, 0.6) is 0 Å². The molecular formula is C12H21F4N3O. The van der Waals surface area contributed by atoms with Gasteiger partial charge in [-0.3, -0.25) is 9.69 Å². The number of nitrogens with two attached hydrogens (primary N) is 1. The van der Waals surface area contributed by atoms with Gasteiger partial charge >= 0.3 is 12.3 Å². The van der Waals surface area contributed by atoms with Crippen LogP contribution < -0.4 is 5.73 Å².